The van der Waals surface area contributed by atoms with Crippen molar-refractivity contribution < 1.29 is 4.42 Å². The van der Waals surface area contributed by atoms with Gasteiger partial charge in [-0.3, -0.25) is 0 Å². The van der Waals surface area contributed by atoms with Gasteiger partial charge in [0.15, 0.2) is 0 Å². The first-order valence-electron chi connectivity index (χ1n) is 21.5. The lowest BCUT2D eigenvalue weighted by Crippen LogP contribution is -2.10. The van der Waals surface area contributed by atoms with Gasteiger partial charge >= 0.3 is 0 Å². The molecule has 0 radical (unpaired) electrons. The minimum Gasteiger partial charge on any atom is -0.455 e. The Morgan fingerprint density at radius 2 is 0.857 bits per heavy atom. The predicted molar refractivity (Wildman–Crippen MR) is 264 cm³/mol. The summed E-state index contributed by atoms with van der Waals surface area (Å²) in [6.07, 6.45) is 0. The van der Waals surface area contributed by atoms with Crippen LogP contribution >= 0.6 is 0 Å². The fraction of sp³-hybridized carbons (Fsp3) is 0. The molecule has 2 heterocycles. The molecule has 0 aliphatic heterocycles. The summed E-state index contributed by atoms with van der Waals surface area (Å²) >= 11 is 0. The highest BCUT2D eigenvalue weighted by Gasteiger charge is 2.21. The highest BCUT2D eigenvalue weighted by molar-refractivity contribution is 6.12. The van der Waals surface area contributed by atoms with Crippen LogP contribution in [0.25, 0.3) is 93.9 Å². The molecule has 0 amide bonds. The second-order valence-electron chi connectivity index (χ2n) is 16.1. The van der Waals surface area contributed by atoms with Gasteiger partial charge in [0.2, 0.25) is 0 Å². The van der Waals surface area contributed by atoms with Gasteiger partial charge in [-0.25, -0.2) is 0 Å². The van der Waals surface area contributed by atoms with Crippen molar-refractivity contribution >= 4 is 60.8 Å². The van der Waals surface area contributed by atoms with Gasteiger partial charge in [0.25, 0.3) is 0 Å². The summed E-state index contributed by atoms with van der Waals surface area (Å²) in [5, 5.41) is 4.67. The van der Waals surface area contributed by atoms with Gasteiger partial charge in [-0.2, -0.15) is 0 Å². The van der Waals surface area contributed by atoms with Crippen molar-refractivity contribution in [1.29, 1.82) is 0 Å². The quantitative estimate of drug-likeness (QED) is 0.153. The molecule has 3 nitrogen and oxygen atoms in total. The molecule has 0 aliphatic carbocycles. The molecule has 0 atom stereocenters. The van der Waals surface area contributed by atoms with E-state index in [0.717, 1.165) is 72.5 Å². The molecule has 0 fully saturated rings. The summed E-state index contributed by atoms with van der Waals surface area (Å²) in [4.78, 5) is 2.38. The first-order valence-corrected chi connectivity index (χ1v) is 21.5. The van der Waals surface area contributed by atoms with Crippen LogP contribution in [0.2, 0.25) is 0 Å². The van der Waals surface area contributed by atoms with Crippen LogP contribution in [0, 0.1) is 0 Å². The van der Waals surface area contributed by atoms with E-state index in [-0.39, 0.29) is 0 Å². The second-order valence-corrected chi connectivity index (χ2v) is 16.1. The van der Waals surface area contributed by atoms with Crippen molar-refractivity contribution in [1.82, 2.24) is 4.57 Å². The van der Waals surface area contributed by atoms with Crippen molar-refractivity contribution in [3.63, 3.8) is 0 Å². The van der Waals surface area contributed by atoms with Gasteiger partial charge in [-0.15, -0.1) is 0 Å². The molecule has 0 bridgehead atoms. The minimum atomic E-state index is 0.893. The van der Waals surface area contributed by atoms with Crippen LogP contribution in [0.5, 0.6) is 0 Å². The molecule has 3 heteroatoms. The van der Waals surface area contributed by atoms with E-state index in [1.165, 1.54) is 38.5 Å². The number of furan rings is 1. The summed E-state index contributed by atoms with van der Waals surface area (Å²) < 4.78 is 9.03. The van der Waals surface area contributed by atoms with E-state index in [1.54, 1.807) is 0 Å². The Balaban J connectivity index is 1.05. The summed E-state index contributed by atoms with van der Waals surface area (Å²) in [5.74, 6) is 0. The predicted octanol–water partition coefficient (Wildman–Crippen LogP) is 16.8. The molecule has 12 rings (SSSR count). The van der Waals surface area contributed by atoms with Gasteiger partial charge in [0.05, 0.1) is 11.0 Å². The molecule has 0 saturated carbocycles. The minimum absolute atomic E-state index is 0.893. The molecule has 296 valence electrons. The van der Waals surface area contributed by atoms with Crippen molar-refractivity contribution in [2.45, 2.75) is 0 Å². The van der Waals surface area contributed by atoms with Crippen LogP contribution < -0.4 is 4.90 Å². The monoisotopic (exact) mass is 804 g/mol. The lowest BCUT2D eigenvalue weighted by Gasteiger charge is -2.27. The zero-order valence-electron chi connectivity index (χ0n) is 34.4. The van der Waals surface area contributed by atoms with Gasteiger partial charge in [-0.05, 0) is 99.6 Å². The molecule has 0 N–H and O–H groups in total. The van der Waals surface area contributed by atoms with Crippen LogP contribution in [0.4, 0.5) is 17.1 Å². The Kier molecular flexibility index (Phi) is 8.83. The van der Waals surface area contributed by atoms with E-state index in [2.05, 4.69) is 246 Å². The van der Waals surface area contributed by atoms with E-state index < -0.39 is 0 Å². The summed E-state index contributed by atoms with van der Waals surface area (Å²) in [5.41, 5.74) is 17.7. The van der Waals surface area contributed by atoms with E-state index in [9.17, 15) is 0 Å². The van der Waals surface area contributed by atoms with Crippen molar-refractivity contribution in [3.05, 3.63) is 243 Å². The SMILES string of the molecule is c1ccc(-c2ccccc2-c2cccc(-n3c4ccccc4c4ccc(N(c5ccccc5)c5ccc(-c6cccc7c6oc6ccccc67)c(-c6ccccc6)c5)cc43)c2)cc1. The van der Waals surface area contributed by atoms with Crippen LogP contribution in [-0.2, 0) is 0 Å². The van der Waals surface area contributed by atoms with Crippen molar-refractivity contribution in [2.75, 3.05) is 4.90 Å². The molecular weight excluding hydrogens is 765 g/mol. The molecule has 2 aromatic heterocycles. The highest BCUT2D eigenvalue weighted by Crippen LogP contribution is 2.45. The Morgan fingerprint density at radius 3 is 1.65 bits per heavy atom. The maximum absolute atomic E-state index is 6.60. The van der Waals surface area contributed by atoms with E-state index in [1.807, 2.05) is 6.07 Å². The topological polar surface area (TPSA) is 21.3 Å². The standard InChI is InChI=1S/C60H40N2O/c1-4-18-41(19-5-1)48-26-10-11-27-49(48)43-22-16-25-45(38-43)62-57-32-14-12-28-51(57)52-37-35-47(40-58(52)62)61(44-23-8-3-9-24-44)46-34-36-50(56(39-46)42-20-6-2-7-21-42)54-30-17-31-55-53-29-13-15-33-59(53)63-60(54)55/h1-40H. The second kappa shape index (κ2) is 15.3. The van der Waals surface area contributed by atoms with Crippen LogP contribution in [0.3, 0.4) is 0 Å². The largest absolute Gasteiger partial charge is 0.455 e. The maximum Gasteiger partial charge on any atom is 0.143 e. The van der Waals surface area contributed by atoms with Crippen LogP contribution in [0.1, 0.15) is 0 Å². The maximum atomic E-state index is 6.60. The van der Waals surface area contributed by atoms with Crippen molar-refractivity contribution in [3.8, 4) is 50.2 Å². The zero-order chi connectivity index (χ0) is 41.7. The number of para-hydroxylation sites is 4. The fourth-order valence-corrected chi connectivity index (χ4v) is 9.54. The Morgan fingerprint density at radius 1 is 0.302 bits per heavy atom. The molecule has 10 aromatic carbocycles. The first-order chi connectivity index (χ1) is 31.3. The van der Waals surface area contributed by atoms with Gasteiger partial charge in [-0.1, -0.05) is 182 Å². The first kappa shape index (κ1) is 36.5. The Bertz CT molecular complexity index is 3620. The van der Waals surface area contributed by atoms with Crippen LogP contribution in [0.15, 0.2) is 247 Å². The Labute approximate surface area is 366 Å². The van der Waals surface area contributed by atoms with E-state index >= 15 is 0 Å². The molecular formula is C60H40N2O. The number of nitrogens with zero attached hydrogens (tertiary/aromatic N) is 2. The molecule has 0 saturated heterocycles. The zero-order valence-corrected chi connectivity index (χ0v) is 34.4. The smallest absolute Gasteiger partial charge is 0.143 e. The number of aromatic nitrogens is 1. The van der Waals surface area contributed by atoms with Gasteiger partial charge < -0.3 is 13.9 Å². The average Bonchev–Trinajstić information content (AvgIpc) is 3.91. The summed E-state index contributed by atoms with van der Waals surface area (Å²) in [6.45, 7) is 0. The lowest BCUT2D eigenvalue weighted by atomic mass is 9.92. The molecule has 12 aromatic rings. The Hall–Kier alpha value is -8.40. The average molecular weight is 805 g/mol. The highest BCUT2D eigenvalue weighted by atomic mass is 16.3. The number of anilines is 3. The van der Waals surface area contributed by atoms with E-state index in [0.29, 0.717) is 0 Å². The van der Waals surface area contributed by atoms with Crippen molar-refractivity contribution in [2.24, 2.45) is 0 Å². The number of hydrogen-bond acceptors (Lipinski definition) is 2. The summed E-state index contributed by atoms with van der Waals surface area (Å²) in [7, 11) is 0. The molecule has 63 heavy (non-hydrogen) atoms. The van der Waals surface area contributed by atoms with Gasteiger partial charge in [0.1, 0.15) is 11.2 Å². The fourth-order valence-electron chi connectivity index (χ4n) is 9.54. The molecule has 0 unspecified atom stereocenters. The van der Waals surface area contributed by atoms with Gasteiger partial charge in [0, 0.05) is 49.9 Å². The summed E-state index contributed by atoms with van der Waals surface area (Å²) in [6, 6.07) is 87.1. The third-order valence-corrected chi connectivity index (χ3v) is 12.4. The molecule has 0 aliphatic rings. The third kappa shape index (κ3) is 6.29. The lowest BCUT2D eigenvalue weighted by molar-refractivity contribution is 0.670. The molecule has 0 spiro atoms. The number of rotatable bonds is 8. The number of benzene rings is 10. The normalized spacial score (nSPS) is 11.5. The number of hydrogen-bond donors (Lipinski definition) is 0. The van der Waals surface area contributed by atoms with Crippen LogP contribution in [-0.4, -0.2) is 4.57 Å². The third-order valence-electron chi connectivity index (χ3n) is 12.4. The van der Waals surface area contributed by atoms with E-state index in [4.69, 9.17) is 4.42 Å². The number of fused-ring (bicyclic) bond motifs is 6.